The van der Waals surface area contributed by atoms with E-state index < -0.39 is 0 Å². The van der Waals surface area contributed by atoms with Crippen molar-refractivity contribution in [2.45, 2.75) is 32.9 Å². The topological polar surface area (TPSA) is 63.3 Å². The molecule has 3 N–H and O–H groups in total. The molecule has 4 nitrogen and oxygen atoms in total. The van der Waals surface area contributed by atoms with Gasteiger partial charge in [-0.05, 0) is 32.4 Å². The lowest BCUT2D eigenvalue weighted by Crippen LogP contribution is -2.44. The molecule has 1 aromatic heterocycles. The van der Waals surface area contributed by atoms with Gasteiger partial charge in [-0.3, -0.25) is 0 Å². The van der Waals surface area contributed by atoms with Gasteiger partial charge < -0.3 is 11.1 Å². The number of aromatic nitrogens is 1. The average Bonchev–Trinajstić information content (AvgIpc) is 2.14. The number of aliphatic imine (C=N–C) groups is 1. The quantitative estimate of drug-likeness (QED) is 0.365. The molecule has 0 saturated heterocycles. The average molecular weight is 369 g/mol. The summed E-state index contributed by atoms with van der Waals surface area (Å²) < 4.78 is 0. The fourth-order valence-corrected chi connectivity index (χ4v) is 1.21. The minimum absolute atomic E-state index is 0. The second kappa shape index (κ2) is 7.00. The maximum absolute atomic E-state index is 5.73. The highest BCUT2D eigenvalue weighted by atomic mass is 127. The van der Waals surface area contributed by atoms with Crippen molar-refractivity contribution in [3.05, 3.63) is 29.0 Å². The molecule has 0 atom stereocenters. The Kier molecular flexibility index (Phi) is 6.77. The molecule has 0 aromatic carbocycles. The fourth-order valence-electron chi connectivity index (χ4n) is 1.10. The maximum Gasteiger partial charge on any atom is 0.189 e. The molecule has 0 saturated carbocycles. The highest BCUT2D eigenvalue weighted by Gasteiger charge is 2.09. The lowest BCUT2D eigenvalue weighted by molar-refractivity contribution is 0.508. The van der Waals surface area contributed by atoms with Crippen LogP contribution in [0, 0.1) is 0 Å². The first-order chi connectivity index (χ1) is 7.37. The Balaban J connectivity index is 0.00000256. The molecule has 0 aliphatic rings. The number of pyridine rings is 1. The lowest BCUT2D eigenvalue weighted by Gasteiger charge is -2.20. The van der Waals surface area contributed by atoms with Gasteiger partial charge in [0.25, 0.3) is 0 Å². The van der Waals surface area contributed by atoms with E-state index in [1.807, 2.05) is 26.8 Å². The number of nitrogens with one attached hydrogen (secondary N) is 1. The molecule has 96 valence electrons. The van der Waals surface area contributed by atoms with Gasteiger partial charge in [-0.25, -0.2) is 9.98 Å². The normalized spacial score (nSPS) is 11.9. The smallest absolute Gasteiger partial charge is 0.189 e. The van der Waals surface area contributed by atoms with Crippen molar-refractivity contribution in [1.29, 1.82) is 0 Å². The van der Waals surface area contributed by atoms with Crippen LogP contribution in [0.3, 0.4) is 0 Å². The SMILES string of the molecule is CC(C)(C)NC(N)=NCc1ccc(Cl)nc1.I. The molecule has 0 radical (unpaired) electrons. The summed E-state index contributed by atoms with van der Waals surface area (Å²) in [6, 6.07) is 3.61. The first-order valence-corrected chi connectivity index (χ1v) is 5.43. The molecule has 0 amide bonds. The maximum atomic E-state index is 5.73. The summed E-state index contributed by atoms with van der Waals surface area (Å²) in [6.45, 7) is 6.58. The summed E-state index contributed by atoms with van der Waals surface area (Å²) >= 11 is 5.68. The van der Waals surface area contributed by atoms with Crippen LogP contribution in [0.4, 0.5) is 0 Å². The van der Waals surface area contributed by atoms with E-state index >= 15 is 0 Å². The van der Waals surface area contributed by atoms with Crippen molar-refractivity contribution >= 4 is 41.5 Å². The largest absolute Gasteiger partial charge is 0.370 e. The van der Waals surface area contributed by atoms with Crippen LogP contribution in [0.15, 0.2) is 23.3 Å². The van der Waals surface area contributed by atoms with Crippen LogP contribution in [0.1, 0.15) is 26.3 Å². The summed E-state index contributed by atoms with van der Waals surface area (Å²) in [4.78, 5) is 8.18. The van der Waals surface area contributed by atoms with Crippen LogP contribution >= 0.6 is 35.6 Å². The van der Waals surface area contributed by atoms with Gasteiger partial charge in [-0.1, -0.05) is 17.7 Å². The molecule has 1 heterocycles. The standard InChI is InChI=1S/C11H17ClN4.HI/c1-11(2,3)16-10(13)15-7-8-4-5-9(12)14-6-8;/h4-6H,7H2,1-3H3,(H3,13,15,16);1H. The molecular formula is C11H18ClIN4. The van der Waals surface area contributed by atoms with Crippen LogP contribution < -0.4 is 11.1 Å². The van der Waals surface area contributed by atoms with E-state index in [9.17, 15) is 0 Å². The van der Waals surface area contributed by atoms with Gasteiger partial charge in [-0.2, -0.15) is 0 Å². The highest BCUT2D eigenvalue weighted by molar-refractivity contribution is 14.0. The van der Waals surface area contributed by atoms with Gasteiger partial charge in [0.1, 0.15) is 5.15 Å². The van der Waals surface area contributed by atoms with E-state index in [1.165, 1.54) is 0 Å². The van der Waals surface area contributed by atoms with Crippen LogP contribution in [-0.4, -0.2) is 16.5 Å². The van der Waals surface area contributed by atoms with E-state index in [0.717, 1.165) is 5.56 Å². The molecule has 0 aliphatic heterocycles. The second-order valence-corrected chi connectivity index (χ2v) is 4.95. The van der Waals surface area contributed by atoms with E-state index in [4.69, 9.17) is 17.3 Å². The van der Waals surface area contributed by atoms with Crippen molar-refractivity contribution < 1.29 is 0 Å². The number of nitrogens with two attached hydrogens (primary N) is 1. The highest BCUT2D eigenvalue weighted by Crippen LogP contribution is 2.06. The van der Waals surface area contributed by atoms with Crippen LogP contribution in [0.5, 0.6) is 0 Å². The van der Waals surface area contributed by atoms with Crippen LogP contribution in [0.25, 0.3) is 0 Å². The van der Waals surface area contributed by atoms with Crippen LogP contribution in [-0.2, 0) is 6.54 Å². The van der Waals surface area contributed by atoms with Crippen molar-refractivity contribution in [2.24, 2.45) is 10.7 Å². The third-order valence-corrected chi connectivity index (χ3v) is 1.95. The minimum Gasteiger partial charge on any atom is -0.370 e. The van der Waals surface area contributed by atoms with E-state index in [0.29, 0.717) is 17.7 Å². The van der Waals surface area contributed by atoms with Gasteiger partial charge >= 0.3 is 0 Å². The fraction of sp³-hybridized carbons (Fsp3) is 0.455. The Hall–Kier alpha value is -0.560. The number of guanidine groups is 1. The third kappa shape index (κ3) is 7.38. The number of nitrogens with zero attached hydrogens (tertiary/aromatic N) is 2. The van der Waals surface area contributed by atoms with Crippen molar-refractivity contribution in [1.82, 2.24) is 10.3 Å². The molecule has 0 unspecified atom stereocenters. The monoisotopic (exact) mass is 368 g/mol. The molecule has 0 spiro atoms. The zero-order valence-electron chi connectivity index (χ0n) is 10.2. The predicted molar refractivity (Wildman–Crippen MR) is 82.9 cm³/mol. The zero-order chi connectivity index (χ0) is 12.2. The van der Waals surface area contributed by atoms with Gasteiger partial charge in [0.15, 0.2) is 5.96 Å². The second-order valence-electron chi connectivity index (χ2n) is 4.57. The van der Waals surface area contributed by atoms with Crippen molar-refractivity contribution in [2.75, 3.05) is 0 Å². The van der Waals surface area contributed by atoms with Gasteiger partial charge in [0, 0.05) is 11.7 Å². The van der Waals surface area contributed by atoms with Crippen molar-refractivity contribution in [3.8, 4) is 0 Å². The summed E-state index contributed by atoms with van der Waals surface area (Å²) in [5, 5.41) is 3.56. The Labute approximate surface area is 124 Å². The Morgan fingerprint density at radius 2 is 2.12 bits per heavy atom. The zero-order valence-corrected chi connectivity index (χ0v) is 13.3. The predicted octanol–water partition coefficient (Wildman–Crippen LogP) is 2.56. The Morgan fingerprint density at radius 3 is 2.59 bits per heavy atom. The number of hydrogen-bond acceptors (Lipinski definition) is 2. The molecular weight excluding hydrogens is 351 g/mol. The summed E-state index contributed by atoms with van der Waals surface area (Å²) in [7, 11) is 0. The third-order valence-electron chi connectivity index (χ3n) is 1.72. The molecule has 0 bridgehead atoms. The first-order valence-electron chi connectivity index (χ1n) is 5.05. The Bertz CT molecular complexity index is 370. The number of halogens is 2. The Morgan fingerprint density at radius 1 is 1.47 bits per heavy atom. The summed E-state index contributed by atoms with van der Waals surface area (Å²) in [5.41, 5.74) is 6.63. The summed E-state index contributed by atoms with van der Waals surface area (Å²) in [6.07, 6.45) is 1.69. The molecule has 1 aromatic rings. The summed E-state index contributed by atoms with van der Waals surface area (Å²) in [5.74, 6) is 0.433. The molecule has 1 rings (SSSR count). The van der Waals surface area contributed by atoms with Gasteiger partial charge in [0.05, 0.1) is 6.54 Å². The van der Waals surface area contributed by atoms with Gasteiger partial charge in [-0.15, -0.1) is 24.0 Å². The van der Waals surface area contributed by atoms with Crippen LogP contribution in [0.2, 0.25) is 5.15 Å². The minimum atomic E-state index is -0.0776. The lowest BCUT2D eigenvalue weighted by atomic mass is 10.1. The van der Waals surface area contributed by atoms with Gasteiger partial charge in [0.2, 0.25) is 0 Å². The molecule has 0 fully saturated rings. The molecule has 6 heteroatoms. The van der Waals surface area contributed by atoms with E-state index in [1.54, 1.807) is 12.3 Å². The molecule has 17 heavy (non-hydrogen) atoms. The number of hydrogen-bond donors (Lipinski definition) is 2. The van der Waals surface area contributed by atoms with Crippen molar-refractivity contribution in [3.63, 3.8) is 0 Å². The number of rotatable bonds is 2. The van der Waals surface area contributed by atoms with E-state index in [2.05, 4.69) is 15.3 Å². The van der Waals surface area contributed by atoms with E-state index in [-0.39, 0.29) is 29.5 Å². The first kappa shape index (κ1) is 16.4. The molecule has 0 aliphatic carbocycles.